The number of fused-ring (bicyclic) bond motifs is 1. The van der Waals surface area contributed by atoms with Crippen LogP contribution >= 0.6 is 11.8 Å². The standard InChI is InChI=1S/C17H15NOS/c19-16(12-20-14-8-2-1-3-9-14)15-10-4-6-13-7-5-11-18-17(13)15/h1-11,16,19H,12H2. The molecule has 0 spiro atoms. The zero-order chi connectivity index (χ0) is 13.8. The van der Waals surface area contributed by atoms with Gasteiger partial charge in [0, 0.05) is 27.8 Å². The summed E-state index contributed by atoms with van der Waals surface area (Å²) in [7, 11) is 0. The Hall–Kier alpha value is -1.84. The van der Waals surface area contributed by atoms with Crippen LogP contribution in [0.3, 0.4) is 0 Å². The van der Waals surface area contributed by atoms with Gasteiger partial charge >= 0.3 is 0 Å². The van der Waals surface area contributed by atoms with Crippen molar-refractivity contribution in [2.24, 2.45) is 0 Å². The van der Waals surface area contributed by atoms with Crippen LogP contribution in [0.25, 0.3) is 10.9 Å². The molecule has 0 aliphatic rings. The first-order valence-corrected chi connectivity index (χ1v) is 7.53. The highest BCUT2D eigenvalue weighted by Crippen LogP contribution is 2.28. The normalized spacial score (nSPS) is 12.4. The van der Waals surface area contributed by atoms with Crippen LogP contribution < -0.4 is 0 Å². The molecule has 0 radical (unpaired) electrons. The Morgan fingerprint density at radius 1 is 0.950 bits per heavy atom. The van der Waals surface area contributed by atoms with Crippen LogP contribution in [0.5, 0.6) is 0 Å². The summed E-state index contributed by atoms with van der Waals surface area (Å²) in [6, 6.07) is 20.0. The van der Waals surface area contributed by atoms with Crippen molar-refractivity contribution < 1.29 is 5.11 Å². The molecule has 0 bridgehead atoms. The van der Waals surface area contributed by atoms with Crippen LogP contribution in [0, 0.1) is 0 Å². The molecule has 0 saturated heterocycles. The summed E-state index contributed by atoms with van der Waals surface area (Å²) in [6.45, 7) is 0. The number of nitrogens with zero attached hydrogens (tertiary/aromatic N) is 1. The van der Waals surface area contributed by atoms with Crippen molar-refractivity contribution >= 4 is 22.7 Å². The zero-order valence-corrected chi connectivity index (χ0v) is 11.8. The van der Waals surface area contributed by atoms with Crippen LogP contribution in [0.1, 0.15) is 11.7 Å². The molecular formula is C17H15NOS. The molecule has 1 heterocycles. The van der Waals surface area contributed by atoms with Crippen molar-refractivity contribution in [3.8, 4) is 0 Å². The van der Waals surface area contributed by atoms with Gasteiger partial charge in [0.15, 0.2) is 0 Å². The van der Waals surface area contributed by atoms with Crippen molar-refractivity contribution in [1.29, 1.82) is 0 Å². The molecule has 3 heteroatoms. The average Bonchev–Trinajstić information content (AvgIpc) is 2.53. The molecule has 100 valence electrons. The van der Waals surface area contributed by atoms with E-state index in [1.54, 1.807) is 18.0 Å². The smallest absolute Gasteiger partial charge is 0.0904 e. The molecule has 1 aromatic heterocycles. The van der Waals surface area contributed by atoms with E-state index in [2.05, 4.69) is 17.1 Å². The minimum atomic E-state index is -0.515. The molecule has 3 rings (SSSR count). The van der Waals surface area contributed by atoms with Crippen LogP contribution in [0.15, 0.2) is 71.8 Å². The average molecular weight is 281 g/mol. The lowest BCUT2D eigenvalue weighted by Crippen LogP contribution is -2.02. The topological polar surface area (TPSA) is 33.1 Å². The van der Waals surface area contributed by atoms with E-state index in [0.29, 0.717) is 5.75 Å². The number of thioether (sulfide) groups is 1. The Balaban J connectivity index is 1.80. The van der Waals surface area contributed by atoms with Gasteiger partial charge in [-0.2, -0.15) is 0 Å². The molecule has 1 N–H and O–H groups in total. The fourth-order valence-electron chi connectivity index (χ4n) is 2.18. The predicted molar refractivity (Wildman–Crippen MR) is 83.9 cm³/mol. The largest absolute Gasteiger partial charge is 0.387 e. The minimum Gasteiger partial charge on any atom is -0.387 e. The van der Waals surface area contributed by atoms with Gasteiger partial charge < -0.3 is 5.11 Å². The highest BCUT2D eigenvalue weighted by Gasteiger charge is 2.12. The van der Waals surface area contributed by atoms with E-state index in [-0.39, 0.29) is 0 Å². The van der Waals surface area contributed by atoms with Gasteiger partial charge in [0.05, 0.1) is 11.6 Å². The molecule has 20 heavy (non-hydrogen) atoms. The Morgan fingerprint density at radius 3 is 2.60 bits per heavy atom. The number of rotatable bonds is 4. The highest BCUT2D eigenvalue weighted by molar-refractivity contribution is 7.99. The van der Waals surface area contributed by atoms with Gasteiger partial charge in [0.25, 0.3) is 0 Å². The number of para-hydroxylation sites is 1. The summed E-state index contributed by atoms with van der Waals surface area (Å²) < 4.78 is 0. The lowest BCUT2D eigenvalue weighted by atomic mass is 10.1. The van der Waals surface area contributed by atoms with E-state index in [0.717, 1.165) is 16.5 Å². The van der Waals surface area contributed by atoms with Gasteiger partial charge in [-0.25, -0.2) is 0 Å². The quantitative estimate of drug-likeness (QED) is 0.732. The molecule has 1 unspecified atom stereocenters. The van der Waals surface area contributed by atoms with E-state index < -0.39 is 6.10 Å². The molecule has 2 aromatic carbocycles. The monoisotopic (exact) mass is 281 g/mol. The van der Waals surface area contributed by atoms with E-state index >= 15 is 0 Å². The van der Waals surface area contributed by atoms with Crippen molar-refractivity contribution in [1.82, 2.24) is 4.98 Å². The second-order valence-electron chi connectivity index (χ2n) is 4.56. The van der Waals surface area contributed by atoms with Crippen molar-refractivity contribution in [2.75, 3.05) is 5.75 Å². The molecule has 2 nitrogen and oxygen atoms in total. The Kier molecular flexibility index (Phi) is 4.00. The zero-order valence-electron chi connectivity index (χ0n) is 10.9. The van der Waals surface area contributed by atoms with E-state index in [9.17, 15) is 5.11 Å². The van der Waals surface area contributed by atoms with Crippen LogP contribution in [0.4, 0.5) is 0 Å². The third-order valence-corrected chi connectivity index (χ3v) is 4.26. The summed E-state index contributed by atoms with van der Waals surface area (Å²) in [4.78, 5) is 5.55. The van der Waals surface area contributed by atoms with Crippen LogP contribution in [0.2, 0.25) is 0 Å². The number of aromatic nitrogens is 1. The maximum absolute atomic E-state index is 10.4. The molecule has 0 aliphatic heterocycles. The molecule has 1 atom stereocenters. The van der Waals surface area contributed by atoms with Crippen LogP contribution in [-0.2, 0) is 0 Å². The molecule has 3 aromatic rings. The fourth-order valence-corrected chi connectivity index (χ4v) is 3.06. The first-order valence-electron chi connectivity index (χ1n) is 6.54. The molecular weight excluding hydrogens is 266 g/mol. The summed E-state index contributed by atoms with van der Waals surface area (Å²) in [5.41, 5.74) is 1.78. The number of benzene rings is 2. The van der Waals surface area contributed by atoms with E-state index in [1.807, 2.05) is 48.5 Å². The number of hydrogen-bond donors (Lipinski definition) is 1. The molecule has 0 fully saturated rings. The SMILES string of the molecule is OC(CSc1ccccc1)c1cccc2cccnc12. The summed E-state index contributed by atoms with van der Waals surface area (Å²) in [6.07, 6.45) is 1.25. The van der Waals surface area contributed by atoms with Crippen molar-refractivity contribution in [2.45, 2.75) is 11.0 Å². The first-order chi connectivity index (χ1) is 9.84. The van der Waals surface area contributed by atoms with Crippen LogP contribution in [-0.4, -0.2) is 15.8 Å². The highest BCUT2D eigenvalue weighted by atomic mass is 32.2. The van der Waals surface area contributed by atoms with Gasteiger partial charge in [0.1, 0.15) is 0 Å². The van der Waals surface area contributed by atoms with Gasteiger partial charge in [-0.05, 0) is 18.2 Å². The second-order valence-corrected chi connectivity index (χ2v) is 5.66. The third-order valence-electron chi connectivity index (χ3n) is 3.17. The Labute approximate surface area is 122 Å². The summed E-state index contributed by atoms with van der Waals surface area (Å²) >= 11 is 1.65. The third kappa shape index (κ3) is 2.84. The molecule has 0 aliphatic carbocycles. The van der Waals surface area contributed by atoms with Gasteiger partial charge in [-0.3, -0.25) is 4.98 Å². The molecule has 0 saturated carbocycles. The lowest BCUT2D eigenvalue weighted by molar-refractivity contribution is 0.205. The fraction of sp³-hybridized carbons (Fsp3) is 0.118. The minimum absolute atomic E-state index is 0.515. The van der Waals surface area contributed by atoms with Crippen molar-refractivity contribution in [3.63, 3.8) is 0 Å². The van der Waals surface area contributed by atoms with Crippen molar-refractivity contribution in [3.05, 3.63) is 72.4 Å². The summed E-state index contributed by atoms with van der Waals surface area (Å²) in [5.74, 6) is 0.625. The maximum atomic E-state index is 10.4. The second kappa shape index (κ2) is 6.07. The van der Waals surface area contributed by atoms with Gasteiger partial charge in [-0.1, -0.05) is 42.5 Å². The lowest BCUT2D eigenvalue weighted by Gasteiger charge is -2.12. The Bertz CT molecular complexity index is 694. The number of aliphatic hydroxyl groups is 1. The van der Waals surface area contributed by atoms with E-state index in [4.69, 9.17) is 0 Å². The predicted octanol–water partition coefficient (Wildman–Crippen LogP) is 4.06. The first kappa shape index (κ1) is 13.2. The number of aliphatic hydroxyl groups excluding tert-OH is 1. The number of pyridine rings is 1. The maximum Gasteiger partial charge on any atom is 0.0904 e. The number of hydrogen-bond acceptors (Lipinski definition) is 3. The van der Waals surface area contributed by atoms with E-state index in [1.165, 1.54) is 4.90 Å². The molecule has 0 amide bonds. The van der Waals surface area contributed by atoms with Gasteiger partial charge in [0.2, 0.25) is 0 Å². The Morgan fingerprint density at radius 2 is 1.75 bits per heavy atom. The summed E-state index contributed by atoms with van der Waals surface area (Å²) in [5, 5.41) is 11.5. The van der Waals surface area contributed by atoms with Gasteiger partial charge in [-0.15, -0.1) is 11.8 Å².